The number of carbonyl (C=O) groups excluding carboxylic acids is 1. The topological polar surface area (TPSA) is 148 Å². The summed E-state index contributed by atoms with van der Waals surface area (Å²) in [5, 5.41) is 16.1. The van der Waals surface area contributed by atoms with E-state index in [9.17, 15) is 10.1 Å². The van der Waals surface area contributed by atoms with Gasteiger partial charge in [-0.15, -0.1) is 0 Å². The number of rotatable bonds is 8. The second-order valence-corrected chi connectivity index (χ2v) is 9.65. The summed E-state index contributed by atoms with van der Waals surface area (Å²) in [4.78, 5) is 25.5. The number of anilines is 3. The zero-order valence-electron chi connectivity index (χ0n) is 20.4. The Morgan fingerprint density at radius 2 is 1.97 bits per heavy atom. The van der Waals surface area contributed by atoms with Crippen LogP contribution in [0.15, 0.2) is 60.9 Å². The third-order valence-corrected chi connectivity index (χ3v) is 6.75. The summed E-state index contributed by atoms with van der Waals surface area (Å²) in [5.74, 6) is 0.782. The largest absolute Gasteiger partial charge is 0.489 e. The van der Waals surface area contributed by atoms with Gasteiger partial charge < -0.3 is 25.8 Å². The molecule has 2 aromatic heterocycles. The molecule has 1 aliphatic rings. The summed E-state index contributed by atoms with van der Waals surface area (Å²) in [6.45, 7) is 1.71. The Bertz CT molecular complexity index is 1460. The number of hydrogen-bond donors (Lipinski definition) is 3. The van der Waals surface area contributed by atoms with Crippen molar-refractivity contribution in [2.24, 2.45) is 0 Å². The maximum absolute atomic E-state index is 12.2. The lowest BCUT2D eigenvalue weighted by Crippen LogP contribution is -2.26. The van der Waals surface area contributed by atoms with Crippen molar-refractivity contribution in [2.45, 2.75) is 25.5 Å². The van der Waals surface area contributed by atoms with Crippen molar-refractivity contribution in [3.8, 4) is 23.1 Å². The molecule has 0 atom stereocenters. The van der Waals surface area contributed by atoms with Gasteiger partial charge in [-0.3, -0.25) is 4.79 Å². The average molecular weight is 528 g/mol. The molecule has 1 saturated heterocycles. The van der Waals surface area contributed by atoms with Crippen molar-refractivity contribution < 1.29 is 14.3 Å². The molecular weight excluding hydrogens is 502 g/mol. The number of ether oxygens (including phenoxy) is 2. The van der Waals surface area contributed by atoms with Crippen molar-refractivity contribution in [2.75, 3.05) is 24.3 Å². The molecule has 4 aromatic rings. The van der Waals surface area contributed by atoms with Gasteiger partial charge in [-0.05, 0) is 42.0 Å². The second-order valence-electron chi connectivity index (χ2n) is 8.59. The Labute approximate surface area is 223 Å². The smallest absolute Gasteiger partial charge is 0.263 e. The van der Waals surface area contributed by atoms with E-state index < -0.39 is 0 Å². The van der Waals surface area contributed by atoms with Crippen LogP contribution in [0.1, 0.15) is 33.6 Å². The van der Waals surface area contributed by atoms with Crippen LogP contribution in [-0.2, 0) is 11.3 Å². The molecule has 192 valence electrons. The molecule has 5 rings (SSSR count). The SMILES string of the molecule is N#Cc1cc(-c2ccnc(Nc3ccc(CNC(=O)c4cnc(N)s4)cc3)n2)ccc1OC1CCOCC1. The predicted molar refractivity (Wildman–Crippen MR) is 144 cm³/mol. The van der Waals surface area contributed by atoms with Crippen LogP contribution in [-0.4, -0.2) is 40.2 Å². The molecule has 1 fully saturated rings. The van der Waals surface area contributed by atoms with E-state index in [1.54, 1.807) is 18.3 Å². The molecule has 0 bridgehead atoms. The zero-order chi connectivity index (χ0) is 26.3. The summed E-state index contributed by atoms with van der Waals surface area (Å²) in [6.07, 6.45) is 4.81. The van der Waals surface area contributed by atoms with E-state index in [-0.39, 0.29) is 12.0 Å². The van der Waals surface area contributed by atoms with Gasteiger partial charge in [-0.25, -0.2) is 15.0 Å². The second kappa shape index (κ2) is 11.7. The van der Waals surface area contributed by atoms with E-state index in [1.807, 2.05) is 36.4 Å². The van der Waals surface area contributed by atoms with Gasteiger partial charge in [0, 0.05) is 36.8 Å². The van der Waals surface area contributed by atoms with E-state index in [2.05, 4.69) is 31.7 Å². The van der Waals surface area contributed by atoms with Gasteiger partial charge in [0.1, 0.15) is 22.8 Å². The minimum atomic E-state index is -0.214. The number of nitrogens with one attached hydrogen (secondary N) is 2. The van der Waals surface area contributed by atoms with Crippen LogP contribution in [0, 0.1) is 11.3 Å². The lowest BCUT2D eigenvalue weighted by atomic mass is 10.1. The molecule has 1 amide bonds. The molecule has 4 N–H and O–H groups in total. The van der Waals surface area contributed by atoms with E-state index in [4.69, 9.17) is 15.2 Å². The van der Waals surface area contributed by atoms with Crippen molar-refractivity contribution >= 4 is 34.0 Å². The third-order valence-electron chi connectivity index (χ3n) is 5.92. The van der Waals surface area contributed by atoms with Crippen LogP contribution in [0.5, 0.6) is 5.75 Å². The quantitative estimate of drug-likeness (QED) is 0.305. The minimum Gasteiger partial charge on any atom is -0.489 e. The fourth-order valence-corrected chi connectivity index (χ4v) is 4.53. The minimum absolute atomic E-state index is 0.0527. The lowest BCUT2D eigenvalue weighted by Gasteiger charge is -2.23. The Morgan fingerprint density at radius 3 is 2.71 bits per heavy atom. The van der Waals surface area contributed by atoms with Gasteiger partial charge in [-0.2, -0.15) is 5.26 Å². The number of hydrogen-bond acceptors (Lipinski definition) is 10. The fourth-order valence-electron chi connectivity index (χ4n) is 3.93. The summed E-state index contributed by atoms with van der Waals surface area (Å²) >= 11 is 1.15. The summed E-state index contributed by atoms with van der Waals surface area (Å²) in [7, 11) is 0. The van der Waals surface area contributed by atoms with Crippen molar-refractivity contribution in [1.29, 1.82) is 5.26 Å². The maximum Gasteiger partial charge on any atom is 0.263 e. The molecule has 38 heavy (non-hydrogen) atoms. The van der Waals surface area contributed by atoms with Gasteiger partial charge in [0.15, 0.2) is 5.13 Å². The number of benzene rings is 2. The van der Waals surface area contributed by atoms with Gasteiger partial charge >= 0.3 is 0 Å². The van der Waals surface area contributed by atoms with Crippen LogP contribution in [0.25, 0.3) is 11.3 Å². The van der Waals surface area contributed by atoms with Crippen molar-refractivity contribution in [3.63, 3.8) is 0 Å². The van der Waals surface area contributed by atoms with Crippen LogP contribution in [0.4, 0.5) is 16.8 Å². The number of nitriles is 1. The van der Waals surface area contributed by atoms with Crippen LogP contribution in [0.3, 0.4) is 0 Å². The number of thiazole rings is 1. The van der Waals surface area contributed by atoms with Gasteiger partial charge in [0.2, 0.25) is 5.95 Å². The van der Waals surface area contributed by atoms with Crippen LogP contribution in [0.2, 0.25) is 0 Å². The van der Waals surface area contributed by atoms with E-state index in [0.717, 1.165) is 41.0 Å². The average Bonchev–Trinajstić information content (AvgIpc) is 3.40. The molecule has 11 heteroatoms. The summed E-state index contributed by atoms with van der Waals surface area (Å²) in [5.41, 5.74) is 9.25. The molecule has 1 aliphatic heterocycles. The van der Waals surface area contributed by atoms with Crippen LogP contribution >= 0.6 is 11.3 Å². The van der Waals surface area contributed by atoms with Gasteiger partial charge in [0.05, 0.1) is 30.7 Å². The Hall–Kier alpha value is -4.53. The Balaban J connectivity index is 1.22. The third kappa shape index (κ3) is 6.23. The van der Waals surface area contributed by atoms with E-state index in [0.29, 0.717) is 52.7 Å². The number of nitrogen functional groups attached to an aromatic ring is 1. The lowest BCUT2D eigenvalue weighted by molar-refractivity contribution is 0.0254. The fraction of sp³-hybridized carbons (Fsp3) is 0.222. The molecule has 0 spiro atoms. The first-order valence-corrected chi connectivity index (χ1v) is 12.9. The molecular formula is C27H25N7O3S. The van der Waals surface area contributed by atoms with E-state index >= 15 is 0 Å². The number of amides is 1. The predicted octanol–water partition coefficient (Wildman–Crippen LogP) is 4.29. The van der Waals surface area contributed by atoms with Crippen molar-refractivity contribution in [1.82, 2.24) is 20.3 Å². The normalized spacial score (nSPS) is 13.4. The van der Waals surface area contributed by atoms with Crippen LogP contribution < -0.4 is 21.1 Å². The zero-order valence-corrected chi connectivity index (χ0v) is 21.2. The molecule has 3 heterocycles. The highest BCUT2D eigenvalue weighted by atomic mass is 32.1. The standard InChI is InChI=1S/C27H25N7O3S/c28-14-19-13-18(3-6-23(19)37-21-8-11-36-12-9-21)22-7-10-30-27(34-22)33-20-4-1-17(2-5-20)15-31-25(35)24-16-32-26(29)38-24/h1-7,10,13,16,21H,8-9,11-12,15H2,(H2,29,32)(H,31,35)(H,30,33,34). The summed E-state index contributed by atoms with van der Waals surface area (Å²) in [6, 6.07) is 17.1. The number of aromatic nitrogens is 3. The number of carbonyl (C=O) groups is 1. The number of nitrogens with two attached hydrogens (primary N) is 1. The first kappa shape index (κ1) is 25.1. The van der Waals surface area contributed by atoms with Crippen molar-refractivity contribution in [3.05, 3.63) is 76.9 Å². The number of nitrogens with zero attached hydrogens (tertiary/aromatic N) is 4. The first-order chi connectivity index (χ1) is 18.6. The molecule has 2 aromatic carbocycles. The highest BCUT2D eigenvalue weighted by Gasteiger charge is 2.17. The van der Waals surface area contributed by atoms with E-state index in [1.165, 1.54) is 6.20 Å². The Morgan fingerprint density at radius 1 is 1.16 bits per heavy atom. The highest BCUT2D eigenvalue weighted by molar-refractivity contribution is 7.17. The molecule has 10 nitrogen and oxygen atoms in total. The van der Waals surface area contributed by atoms with Gasteiger partial charge in [-0.1, -0.05) is 23.5 Å². The molecule has 0 aliphatic carbocycles. The summed E-state index contributed by atoms with van der Waals surface area (Å²) < 4.78 is 11.4. The molecule has 0 radical (unpaired) electrons. The Kier molecular flexibility index (Phi) is 7.73. The molecule has 0 saturated carbocycles. The highest BCUT2D eigenvalue weighted by Crippen LogP contribution is 2.28. The first-order valence-electron chi connectivity index (χ1n) is 12.0. The molecule has 0 unspecified atom stereocenters. The monoisotopic (exact) mass is 527 g/mol. The van der Waals surface area contributed by atoms with Gasteiger partial charge in [0.25, 0.3) is 5.91 Å². The maximum atomic E-state index is 12.2.